The van der Waals surface area contributed by atoms with Gasteiger partial charge in [0.15, 0.2) is 0 Å². The maximum Gasteiger partial charge on any atom is 0.240 e. The molecule has 2 aliphatic heterocycles. The maximum absolute atomic E-state index is 12.3. The van der Waals surface area contributed by atoms with E-state index in [-0.39, 0.29) is 17.4 Å². The topological polar surface area (TPSA) is 49.6 Å². The largest absolute Gasteiger partial charge is 0.338 e. The SMILES string of the molecule is CC(C)(C)[C@H](N)C(=O)N1CCN2CCCC2C1. The molecule has 2 atom stereocenters. The van der Waals surface area contributed by atoms with Gasteiger partial charge in [0.2, 0.25) is 5.91 Å². The van der Waals surface area contributed by atoms with Gasteiger partial charge in [0.1, 0.15) is 0 Å². The fourth-order valence-electron chi connectivity index (χ4n) is 2.76. The second-order valence-electron chi connectivity index (χ2n) is 6.46. The van der Waals surface area contributed by atoms with Crippen molar-refractivity contribution in [3.8, 4) is 0 Å². The Bertz CT molecular complexity index is 298. The molecular weight excluding hydrogens is 214 g/mol. The number of nitrogens with two attached hydrogens (primary N) is 1. The number of amides is 1. The lowest BCUT2D eigenvalue weighted by molar-refractivity contribution is -0.137. The number of carbonyl (C=O) groups excluding carboxylic acids is 1. The molecular formula is C13H25N3O. The van der Waals surface area contributed by atoms with E-state index >= 15 is 0 Å². The predicted octanol–water partition coefficient (Wildman–Crippen LogP) is 0.666. The Kier molecular flexibility index (Phi) is 3.46. The van der Waals surface area contributed by atoms with E-state index in [4.69, 9.17) is 5.73 Å². The number of hydrogen-bond acceptors (Lipinski definition) is 3. The number of fused-ring (bicyclic) bond motifs is 1. The molecule has 4 nitrogen and oxygen atoms in total. The Morgan fingerprint density at radius 1 is 1.29 bits per heavy atom. The summed E-state index contributed by atoms with van der Waals surface area (Å²) in [5, 5.41) is 0. The number of rotatable bonds is 1. The quantitative estimate of drug-likeness (QED) is 0.731. The zero-order chi connectivity index (χ0) is 12.6. The van der Waals surface area contributed by atoms with Crippen LogP contribution in [0.15, 0.2) is 0 Å². The minimum atomic E-state index is -0.379. The lowest BCUT2D eigenvalue weighted by atomic mass is 9.86. The van der Waals surface area contributed by atoms with Gasteiger partial charge in [-0.2, -0.15) is 0 Å². The van der Waals surface area contributed by atoms with Crippen LogP contribution in [0.5, 0.6) is 0 Å². The first-order valence-electron chi connectivity index (χ1n) is 6.68. The van der Waals surface area contributed by atoms with Crippen molar-refractivity contribution in [2.45, 2.75) is 45.7 Å². The lowest BCUT2D eigenvalue weighted by Crippen LogP contribution is -2.58. The molecule has 17 heavy (non-hydrogen) atoms. The Hall–Kier alpha value is -0.610. The third kappa shape index (κ3) is 2.63. The molecule has 1 amide bonds. The van der Waals surface area contributed by atoms with Gasteiger partial charge in [-0.3, -0.25) is 9.69 Å². The highest BCUT2D eigenvalue weighted by Gasteiger charge is 2.36. The van der Waals surface area contributed by atoms with E-state index < -0.39 is 0 Å². The van der Waals surface area contributed by atoms with Crippen LogP contribution in [-0.4, -0.2) is 54.0 Å². The first-order chi connectivity index (χ1) is 7.89. The summed E-state index contributed by atoms with van der Waals surface area (Å²) >= 11 is 0. The van der Waals surface area contributed by atoms with Gasteiger partial charge in [-0.1, -0.05) is 20.8 Å². The van der Waals surface area contributed by atoms with Crippen molar-refractivity contribution in [1.82, 2.24) is 9.80 Å². The first kappa shape index (κ1) is 12.8. The highest BCUT2D eigenvalue weighted by Crippen LogP contribution is 2.24. The van der Waals surface area contributed by atoms with Gasteiger partial charge >= 0.3 is 0 Å². The molecule has 98 valence electrons. The molecule has 2 rings (SSSR count). The van der Waals surface area contributed by atoms with Crippen LogP contribution in [0.4, 0.5) is 0 Å². The van der Waals surface area contributed by atoms with Crippen LogP contribution in [0, 0.1) is 5.41 Å². The van der Waals surface area contributed by atoms with Crippen molar-refractivity contribution in [2.75, 3.05) is 26.2 Å². The van der Waals surface area contributed by atoms with Crippen molar-refractivity contribution >= 4 is 5.91 Å². The van der Waals surface area contributed by atoms with Gasteiger partial charge in [0.05, 0.1) is 6.04 Å². The zero-order valence-corrected chi connectivity index (χ0v) is 11.3. The van der Waals surface area contributed by atoms with E-state index in [1.165, 1.54) is 19.4 Å². The van der Waals surface area contributed by atoms with Crippen LogP contribution in [0.25, 0.3) is 0 Å². The van der Waals surface area contributed by atoms with E-state index in [1.54, 1.807) is 0 Å². The van der Waals surface area contributed by atoms with Gasteiger partial charge in [0.25, 0.3) is 0 Å². The van der Waals surface area contributed by atoms with Crippen LogP contribution in [0.1, 0.15) is 33.6 Å². The van der Waals surface area contributed by atoms with Gasteiger partial charge in [-0.25, -0.2) is 0 Å². The lowest BCUT2D eigenvalue weighted by Gasteiger charge is -2.40. The highest BCUT2D eigenvalue weighted by molar-refractivity contribution is 5.82. The normalized spacial score (nSPS) is 28.0. The molecule has 2 saturated heterocycles. The van der Waals surface area contributed by atoms with Crippen molar-refractivity contribution in [3.63, 3.8) is 0 Å². The van der Waals surface area contributed by atoms with Crippen molar-refractivity contribution in [3.05, 3.63) is 0 Å². The van der Waals surface area contributed by atoms with Gasteiger partial charge in [0, 0.05) is 25.7 Å². The summed E-state index contributed by atoms with van der Waals surface area (Å²) in [5.74, 6) is 0.129. The van der Waals surface area contributed by atoms with Crippen molar-refractivity contribution < 1.29 is 4.79 Å². The van der Waals surface area contributed by atoms with Crippen molar-refractivity contribution in [2.24, 2.45) is 11.1 Å². The summed E-state index contributed by atoms with van der Waals surface area (Å²) in [6.45, 7) is 10.0. The standard InChI is InChI=1S/C13H25N3O/c1-13(2,3)11(14)12(17)16-8-7-15-6-4-5-10(15)9-16/h10-11H,4-9,14H2,1-3H3/t10?,11-/m1/s1. The summed E-state index contributed by atoms with van der Waals surface area (Å²) < 4.78 is 0. The Balaban J connectivity index is 1.97. The number of carbonyl (C=O) groups is 1. The Morgan fingerprint density at radius 3 is 2.65 bits per heavy atom. The van der Waals surface area contributed by atoms with E-state index in [2.05, 4.69) is 4.90 Å². The molecule has 4 heteroatoms. The van der Waals surface area contributed by atoms with Crippen LogP contribution in [0.3, 0.4) is 0 Å². The van der Waals surface area contributed by atoms with Crippen LogP contribution in [0.2, 0.25) is 0 Å². The van der Waals surface area contributed by atoms with Gasteiger partial charge < -0.3 is 10.6 Å². The Morgan fingerprint density at radius 2 is 2.00 bits per heavy atom. The molecule has 0 spiro atoms. The second-order valence-corrected chi connectivity index (χ2v) is 6.46. The molecule has 2 aliphatic rings. The predicted molar refractivity (Wildman–Crippen MR) is 68.6 cm³/mol. The summed E-state index contributed by atoms with van der Waals surface area (Å²) in [7, 11) is 0. The number of hydrogen-bond donors (Lipinski definition) is 1. The van der Waals surface area contributed by atoms with E-state index in [0.717, 1.165) is 19.6 Å². The van der Waals surface area contributed by atoms with E-state index in [9.17, 15) is 4.79 Å². The van der Waals surface area contributed by atoms with E-state index in [1.807, 2.05) is 25.7 Å². The molecule has 0 saturated carbocycles. The van der Waals surface area contributed by atoms with Crippen LogP contribution in [-0.2, 0) is 4.79 Å². The minimum Gasteiger partial charge on any atom is -0.338 e. The first-order valence-corrected chi connectivity index (χ1v) is 6.68. The van der Waals surface area contributed by atoms with E-state index in [0.29, 0.717) is 6.04 Å². The number of piperazine rings is 1. The Labute approximate surface area is 104 Å². The molecule has 2 heterocycles. The molecule has 2 fully saturated rings. The molecule has 0 aromatic heterocycles. The third-order valence-corrected chi connectivity index (χ3v) is 4.10. The minimum absolute atomic E-state index is 0.129. The third-order valence-electron chi connectivity index (χ3n) is 4.10. The average molecular weight is 239 g/mol. The van der Waals surface area contributed by atoms with Gasteiger partial charge in [-0.15, -0.1) is 0 Å². The van der Waals surface area contributed by atoms with Crippen LogP contribution >= 0.6 is 0 Å². The summed E-state index contributed by atoms with van der Waals surface area (Å²) in [6, 6.07) is 0.204. The highest BCUT2D eigenvalue weighted by atomic mass is 16.2. The smallest absolute Gasteiger partial charge is 0.240 e. The molecule has 0 radical (unpaired) electrons. The zero-order valence-electron chi connectivity index (χ0n) is 11.3. The second kappa shape index (κ2) is 4.58. The maximum atomic E-state index is 12.3. The molecule has 0 aliphatic carbocycles. The monoisotopic (exact) mass is 239 g/mol. The molecule has 0 aromatic carbocycles. The van der Waals surface area contributed by atoms with Crippen LogP contribution < -0.4 is 5.73 Å². The fourth-order valence-corrected chi connectivity index (χ4v) is 2.76. The molecule has 0 bridgehead atoms. The summed E-state index contributed by atoms with van der Waals surface area (Å²) in [5.41, 5.74) is 5.91. The average Bonchev–Trinajstić information content (AvgIpc) is 2.72. The summed E-state index contributed by atoms with van der Waals surface area (Å²) in [6.07, 6.45) is 2.51. The summed E-state index contributed by atoms with van der Waals surface area (Å²) in [4.78, 5) is 16.8. The molecule has 1 unspecified atom stereocenters. The van der Waals surface area contributed by atoms with Crippen molar-refractivity contribution in [1.29, 1.82) is 0 Å². The molecule has 2 N–H and O–H groups in total. The fraction of sp³-hybridized carbons (Fsp3) is 0.923. The van der Waals surface area contributed by atoms with Gasteiger partial charge in [-0.05, 0) is 24.8 Å². The number of nitrogens with zero attached hydrogens (tertiary/aromatic N) is 2. The molecule has 0 aromatic rings.